The zero-order chi connectivity index (χ0) is 24.7. The molecule has 0 N–H and O–H groups in total. The van der Waals surface area contributed by atoms with Crippen molar-refractivity contribution in [3.63, 3.8) is 0 Å². The largest absolute Gasteiger partial charge is 0.496 e. The molecule has 1 atom stereocenters. The van der Waals surface area contributed by atoms with Crippen molar-refractivity contribution >= 4 is 28.5 Å². The molecule has 0 saturated carbocycles. The molecule has 180 valence electrons. The highest BCUT2D eigenvalue weighted by Gasteiger charge is 2.26. The topological polar surface area (TPSA) is 90.5 Å². The van der Waals surface area contributed by atoms with Gasteiger partial charge in [0.05, 0.1) is 18.8 Å². The van der Waals surface area contributed by atoms with Gasteiger partial charge < -0.3 is 14.2 Å². The number of carbonyl (C=O) groups excluding carboxylic acids is 1. The third kappa shape index (κ3) is 4.08. The normalized spacial score (nSPS) is 14.5. The van der Waals surface area contributed by atoms with Gasteiger partial charge in [-0.25, -0.2) is 4.68 Å². The van der Waals surface area contributed by atoms with E-state index in [-0.39, 0.29) is 17.0 Å². The Labute approximate surface area is 207 Å². The lowest BCUT2D eigenvalue weighted by Gasteiger charge is -2.18. The summed E-state index contributed by atoms with van der Waals surface area (Å²) in [5.74, 6) is 0.467. The maximum atomic E-state index is 13.5. The molecule has 0 bridgehead atoms. The lowest BCUT2D eigenvalue weighted by molar-refractivity contribution is 0.0793. The fourth-order valence-electron chi connectivity index (χ4n) is 4.55. The molecular formula is C26H25ClN4O4. The Morgan fingerprint density at radius 1 is 1.14 bits per heavy atom. The molecular weight excluding hydrogens is 468 g/mol. The minimum absolute atomic E-state index is 0.0424. The molecule has 0 spiro atoms. The van der Waals surface area contributed by atoms with Crippen LogP contribution in [-0.2, 0) is 0 Å². The molecule has 1 fully saturated rings. The number of nitrogens with zero attached hydrogens (tertiary/aromatic N) is 4. The SMILES string of the molecule is COc1ccc(C(=O)N2CCCC2)cc1-c1nn(C(C)c2ccc(Cl)cc2)c(=O)c2c(C)noc12. The van der Waals surface area contributed by atoms with E-state index in [2.05, 4.69) is 5.16 Å². The Morgan fingerprint density at radius 3 is 2.54 bits per heavy atom. The molecule has 5 rings (SSSR count). The van der Waals surface area contributed by atoms with Gasteiger partial charge in [-0.2, -0.15) is 5.10 Å². The highest BCUT2D eigenvalue weighted by atomic mass is 35.5. The summed E-state index contributed by atoms with van der Waals surface area (Å²) < 4.78 is 12.6. The fraction of sp³-hybridized carbons (Fsp3) is 0.308. The van der Waals surface area contributed by atoms with Crippen LogP contribution in [-0.4, -0.2) is 45.9 Å². The minimum atomic E-state index is -0.391. The first-order valence-electron chi connectivity index (χ1n) is 11.5. The summed E-state index contributed by atoms with van der Waals surface area (Å²) in [7, 11) is 1.55. The average Bonchev–Trinajstić information content (AvgIpc) is 3.54. The molecule has 2 aromatic carbocycles. The van der Waals surface area contributed by atoms with Crippen molar-refractivity contribution in [2.45, 2.75) is 32.7 Å². The number of hydrogen-bond acceptors (Lipinski definition) is 6. The van der Waals surface area contributed by atoms with E-state index in [1.165, 1.54) is 4.68 Å². The Kier molecular flexibility index (Phi) is 6.06. The number of aromatic nitrogens is 3. The lowest BCUT2D eigenvalue weighted by Crippen LogP contribution is -2.28. The molecule has 1 unspecified atom stereocenters. The summed E-state index contributed by atoms with van der Waals surface area (Å²) in [6.07, 6.45) is 2.00. The number of amides is 1. The van der Waals surface area contributed by atoms with Crippen LogP contribution in [0.5, 0.6) is 5.75 Å². The molecule has 1 amide bonds. The number of benzene rings is 2. The standard InChI is InChI=1S/C26H25ClN4O4/c1-15-22-24(35-29-15)23(28-31(26(22)33)16(2)17-6-9-19(27)10-7-17)20-14-18(8-11-21(20)34-3)25(32)30-12-4-5-13-30/h6-11,14,16H,4-5,12-13H2,1-3H3. The Bertz CT molecular complexity index is 1470. The molecule has 9 heteroatoms. The third-order valence-electron chi connectivity index (χ3n) is 6.52. The van der Waals surface area contributed by atoms with Crippen LogP contribution < -0.4 is 10.3 Å². The van der Waals surface area contributed by atoms with Crippen molar-refractivity contribution in [2.24, 2.45) is 0 Å². The molecule has 0 aliphatic carbocycles. The van der Waals surface area contributed by atoms with Gasteiger partial charge in [0.15, 0.2) is 0 Å². The van der Waals surface area contributed by atoms with Crippen LogP contribution in [0.4, 0.5) is 0 Å². The maximum absolute atomic E-state index is 13.5. The van der Waals surface area contributed by atoms with Gasteiger partial charge >= 0.3 is 0 Å². The van der Waals surface area contributed by atoms with Gasteiger partial charge in [0, 0.05) is 29.2 Å². The van der Waals surface area contributed by atoms with Crippen molar-refractivity contribution < 1.29 is 14.1 Å². The van der Waals surface area contributed by atoms with Gasteiger partial charge in [-0.05, 0) is 62.6 Å². The van der Waals surface area contributed by atoms with E-state index >= 15 is 0 Å². The molecule has 0 radical (unpaired) electrons. The van der Waals surface area contributed by atoms with E-state index in [1.54, 1.807) is 44.4 Å². The second-order valence-electron chi connectivity index (χ2n) is 8.71. The third-order valence-corrected chi connectivity index (χ3v) is 6.77. The minimum Gasteiger partial charge on any atom is -0.496 e. The quantitative estimate of drug-likeness (QED) is 0.395. The molecule has 35 heavy (non-hydrogen) atoms. The van der Waals surface area contributed by atoms with E-state index in [9.17, 15) is 9.59 Å². The Hall–Kier alpha value is -3.65. The van der Waals surface area contributed by atoms with E-state index in [4.69, 9.17) is 26.0 Å². The zero-order valence-corrected chi connectivity index (χ0v) is 20.5. The first-order chi connectivity index (χ1) is 16.9. The van der Waals surface area contributed by atoms with Gasteiger partial charge in [0.2, 0.25) is 5.58 Å². The maximum Gasteiger partial charge on any atom is 0.280 e. The Morgan fingerprint density at radius 2 is 1.86 bits per heavy atom. The van der Waals surface area contributed by atoms with Crippen LogP contribution in [0.25, 0.3) is 22.2 Å². The number of fused-ring (bicyclic) bond motifs is 1. The number of rotatable bonds is 5. The molecule has 2 aromatic heterocycles. The van der Waals surface area contributed by atoms with Crippen LogP contribution in [0.3, 0.4) is 0 Å². The van der Waals surface area contributed by atoms with Gasteiger partial charge in [-0.15, -0.1) is 0 Å². The predicted octanol–water partition coefficient (Wildman–Crippen LogP) is 4.87. The molecule has 1 aliphatic heterocycles. The second kappa shape index (κ2) is 9.19. The number of likely N-dealkylation sites (tertiary alicyclic amines) is 1. The first-order valence-corrected chi connectivity index (χ1v) is 11.9. The second-order valence-corrected chi connectivity index (χ2v) is 9.15. The highest BCUT2D eigenvalue weighted by molar-refractivity contribution is 6.30. The number of carbonyl (C=O) groups is 1. The monoisotopic (exact) mass is 492 g/mol. The van der Waals surface area contributed by atoms with Crippen LogP contribution in [0.15, 0.2) is 51.8 Å². The summed E-state index contributed by atoms with van der Waals surface area (Å²) in [5.41, 5.74) is 2.74. The summed E-state index contributed by atoms with van der Waals surface area (Å²) in [6, 6.07) is 12.1. The summed E-state index contributed by atoms with van der Waals surface area (Å²) in [6.45, 7) is 5.10. The molecule has 4 aromatic rings. The molecule has 3 heterocycles. The number of methoxy groups -OCH3 is 1. The van der Waals surface area contributed by atoms with Gasteiger partial charge in [0.1, 0.15) is 16.8 Å². The van der Waals surface area contributed by atoms with Crippen LogP contribution >= 0.6 is 11.6 Å². The van der Waals surface area contributed by atoms with E-state index in [0.717, 1.165) is 31.5 Å². The fourth-order valence-corrected chi connectivity index (χ4v) is 4.67. The first kappa shape index (κ1) is 23.1. The molecule has 1 saturated heterocycles. The van der Waals surface area contributed by atoms with Crippen molar-refractivity contribution in [1.29, 1.82) is 0 Å². The van der Waals surface area contributed by atoms with Crippen LogP contribution in [0.1, 0.15) is 47.4 Å². The summed E-state index contributed by atoms with van der Waals surface area (Å²) in [5, 5.41) is 9.71. The molecule has 8 nitrogen and oxygen atoms in total. The zero-order valence-electron chi connectivity index (χ0n) is 19.7. The van der Waals surface area contributed by atoms with Crippen molar-refractivity contribution in [2.75, 3.05) is 20.2 Å². The van der Waals surface area contributed by atoms with E-state index in [0.29, 0.717) is 38.7 Å². The molecule has 1 aliphatic rings. The average molecular weight is 493 g/mol. The van der Waals surface area contributed by atoms with Crippen LogP contribution in [0.2, 0.25) is 5.02 Å². The predicted molar refractivity (Wildman–Crippen MR) is 133 cm³/mol. The number of hydrogen-bond donors (Lipinski definition) is 0. The van der Waals surface area contributed by atoms with Gasteiger partial charge in [-0.3, -0.25) is 9.59 Å². The van der Waals surface area contributed by atoms with Crippen LogP contribution in [0, 0.1) is 6.92 Å². The van der Waals surface area contributed by atoms with Crippen molar-refractivity contribution in [3.8, 4) is 17.0 Å². The van der Waals surface area contributed by atoms with E-state index < -0.39 is 6.04 Å². The van der Waals surface area contributed by atoms with E-state index in [1.807, 2.05) is 24.0 Å². The summed E-state index contributed by atoms with van der Waals surface area (Å²) >= 11 is 6.05. The number of halogens is 1. The smallest absolute Gasteiger partial charge is 0.280 e. The Balaban J connectivity index is 1.71. The lowest BCUT2D eigenvalue weighted by atomic mass is 10.0. The van der Waals surface area contributed by atoms with Gasteiger partial charge in [0.25, 0.3) is 11.5 Å². The highest BCUT2D eigenvalue weighted by Crippen LogP contribution is 2.35. The van der Waals surface area contributed by atoms with Gasteiger partial charge in [-0.1, -0.05) is 28.9 Å². The summed E-state index contributed by atoms with van der Waals surface area (Å²) in [4.78, 5) is 28.4. The van der Waals surface area contributed by atoms with Crippen molar-refractivity contribution in [1.82, 2.24) is 19.8 Å². The number of ether oxygens (including phenoxy) is 1. The number of aryl methyl sites for hydroxylation is 1. The van der Waals surface area contributed by atoms with Crippen molar-refractivity contribution in [3.05, 3.63) is 74.7 Å².